The highest BCUT2D eigenvalue weighted by Gasteiger charge is 2.62. The first-order valence-corrected chi connectivity index (χ1v) is 13.9. The van der Waals surface area contributed by atoms with Crippen molar-refractivity contribution in [3.8, 4) is 0 Å². The lowest BCUT2D eigenvalue weighted by molar-refractivity contribution is -0.161. The van der Waals surface area contributed by atoms with Gasteiger partial charge in [-0.2, -0.15) is 0 Å². The molecule has 3 aliphatic carbocycles. The van der Waals surface area contributed by atoms with Crippen LogP contribution in [0, 0.1) is 34.5 Å². The van der Waals surface area contributed by atoms with Gasteiger partial charge in [-0.3, -0.25) is 14.5 Å². The summed E-state index contributed by atoms with van der Waals surface area (Å²) in [7, 11) is 2.01. The minimum Gasteiger partial charge on any atom is -0.342 e. The predicted molar refractivity (Wildman–Crippen MR) is 139 cm³/mol. The predicted octanol–water partition coefficient (Wildman–Crippen LogP) is 5.60. The summed E-state index contributed by atoms with van der Waals surface area (Å²) in [6.07, 6.45) is 8.00. The van der Waals surface area contributed by atoms with Crippen molar-refractivity contribution < 1.29 is 14.4 Å². The lowest BCUT2D eigenvalue weighted by atomic mass is 9.47. The molecule has 1 N–H and O–H groups in total. The smallest absolute Gasteiger partial charge is 0.324 e. The Balaban J connectivity index is 1.59. The fourth-order valence-corrected chi connectivity index (χ4v) is 8.82. The van der Waals surface area contributed by atoms with Crippen LogP contribution in [0.2, 0.25) is 0 Å². The van der Waals surface area contributed by atoms with Gasteiger partial charge in [-0.15, -0.1) is 0 Å². The van der Waals surface area contributed by atoms with Crippen molar-refractivity contribution in [1.29, 1.82) is 0 Å². The van der Waals surface area contributed by atoms with Gasteiger partial charge in [-0.1, -0.05) is 13.8 Å². The molecule has 0 radical (unpaired) electrons. The topological polar surface area (TPSA) is 69.7 Å². The van der Waals surface area contributed by atoms with Crippen LogP contribution >= 0.6 is 0 Å². The molecule has 4 amide bonds. The van der Waals surface area contributed by atoms with E-state index >= 15 is 0 Å². The number of hydrogen-bond acceptors (Lipinski definition) is 3. The molecule has 0 bridgehead atoms. The summed E-state index contributed by atoms with van der Waals surface area (Å²) in [6.45, 7) is 16.5. The van der Waals surface area contributed by atoms with Gasteiger partial charge in [0.05, 0.1) is 0 Å². The Morgan fingerprint density at radius 1 is 0.914 bits per heavy atom. The first-order chi connectivity index (χ1) is 16.0. The second-order valence-corrected chi connectivity index (χ2v) is 14.7. The van der Waals surface area contributed by atoms with E-state index in [1.165, 1.54) is 4.90 Å². The Kier molecular flexibility index (Phi) is 6.41. The van der Waals surface area contributed by atoms with Crippen LogP contribution in [0.1, 0.15) is 107 Å². The van der Waals surface area contributed by atoms with Crippen LogP contribution in [0.3, 0.4) is 0 Å². The highest BCUT2D eigenvalue weighted by atomic mass is 16.2. The zero-order valence-electron chi connectivity index (χ0n) is 23.7. The largest absolute Gasteiger partial charge is 0.342 e. The molecule has 4 aliphatic rings. The monoisotopic (exact) mass is 487 g/mol. The van der Waals surface area contributed by atoms with E-state index in [2.05, 4.69) is 19.2 Å². The van der Waals surface area contributed by atoms with E-state index in [0.29, 0.717) is 36.1 Å². The van der Waals surface area contributed by atoms with Gasteiger partial charge in [-0.05, 0) is 115 Å². The molecule has 3 saturated carbocycles. The van der Waals surface area contributed by atoms with Crippen LogP contribution in [-0.4, -0.2) is 51.8 Å². The van der Waals surface area contributed by atoms with Crippen LogP contribution < -0.4 is 5.32 Å². The van der Waals surface area contributed by atoms with Crippen molar-refractivity contribution in [2.24, 2.45) is 34.5 Å². The van der Waals surface area contributed by atoms with Crippen molar-refractivity contribution in [2.45, 2.75) is 124 Å². The molecule has 4 fully saturated rings. The fraction of sp³-hybridized carbons (Fsp3) is 0.897. The van der Waals surface area contributed by atoms with E-state index in [9.17, 15) is 14.4 Å². The van der Waals surface area contributed by atoms with Gasteiger partial charge in [-0.25, -0.2) is 4.79 Å². The van der Waals surface area contributed by atoms with Gasteiger partial charge in [0.15, 0.2) is 0 Å². The number of likely N-dealkylation sites (tertiary alicyclic amines) is 1. The summed E-state index contributed by atoms with van der Waals surface area (Å²) < 4.78 is 0. The lowest BCUT2D eigenvalue weighted by Crippen LogP contribution is -2.62. The van der Waals surface area contributed by atoms with E-state index in [-0.39, 0.29) is 28.7 Å². The standard InChI is InChI=1S/C29H49N3O3/c1-26(2,3)30-25(35)32(27(4,5)6)24(34)21-12-11-19-18-10-13-22-29(8,17-15-23(33)31(22)9)20(18)14-16-28(19,21)7/h18-22H,10-17H2,1-9H3,(H,30,35)/t18-,19-,20+,21?,22?,28-,29+/m0/s1. The average molecular weight is 488 g/mol. The molecule has 1 aliphatic heterocycles. The van der Waals surface area contributed by atoms with E-state index < -0.39 is 11.1 Å². The summed E-state index contributed by atoms with van der Waals surface area (Å²) >= 11 is 0. The van der Waals surface area contributed by atoms with E-state index in [1.807, 2.05) is 53.5 Å². The number of nitrogens with one attached hydrogen (secondary N) is 1. The Bertz CT molecular complexity index is 887. The molecule has 6 heteroatoms. The molecule has 198 valence electrons. The lowest BCUT2D eigenvalue weighted by Gasteiger charge is -2.61. The number of imide groups is 1. The van der Waals surface area contributed by atoms with Crippen LogP contribution in [-0.2, 0) is 9.59 Å². The van der Waals surface area contributed by atoms with Gasteiger partial charge >= 0.3 is 6.03 Å². The third kappa shape index (κ3) is 4.31. The maximum absolute atomic E-state index is 14.1. The molecule has 0 spiro atoms. The van der Waals surface area contributed by atoms with Gasteiger partial charge in [0, 0.05) is 36.5 Å². The van der Waals surface area contributed by atoms with Gasteiger partial charge in [0.25, 0.3) is 0 Å². The SMILES string of the molecule is CN1C(=O)CC[C@@]2(C)C1CC[C@@H]1[C@H]2CC[C@]2(C)C(C(=O)N(C(=O)NC(C)(C)C)C(C)(C)C)CC[C@@H]12. The van der Waals surface area contributed by atoms with Crippen molar-refractivity contribution in [3.63, 3.8) is 0 Å². The Morgan fingerprint density at radius 2 is 1.54 bits per heavy atom. The molecule has 1 heterocycles. The van der Waals surface area contributed by atoms with Crippen LogP contribution in [0.15, 0.2) is 0 Å². The van der Waals surface area contributed by atoms with Crippen LogP contribution in [0.4, 0.5) is 4.79 Å². The second kappa shape index (κ2) is 8.48. The molecule has 2 unspecified atom stereocenters. The molecule has 1 saturated heterocycles. The molecule has 0 aromatic heterocycles. The van der Waals surface area contributed by atoms with Crippen molar-refractivity contribution in [2.75, 3.05) is 7.05 Å². The number of urea groups is 1. The zero-order valence-corrected chi connectivity index (χ0v) is 23.7. The first-order valence-electron chi connectivity index (χ1n) is 13.9. The second-order valence-electron chi connectivity index (χ2n) is 14.7. The number of piperidine rings is 1. The number of carbonyl (C=O) groups excluding carboxylic acids is 3. The molecule has 6 nitrogen and oxygen atoms in total. The molecular formula is C29H49N3O3. The zero-order chi connectivity index (χ0) is 26.1. The summed E-state index contributed by atoms with van der Waals surface area (Å²) in [5, 5.41) is 3.04. The van der Waals surface area contributed by atoms with E-state index in [1.54, 1.807) is 0 Å². The van der Waals surface area contributed by atoms with Crippen molar-refractivity contribution in [1.82, 2.24) is 15.1 Å². The number of fused-ring (bicyclic) bond motifs is 5. The Labute approximate surface area is 212 Å². The maximum Gasteiger partial charge on any atom is 0.324 e. The van der Waals surface area contributed by atoms with Crippen LogP contribution in [0.5, 0.6) is 0 Å². The highest BCUT2D eigenvalue weighted by Crippen LogP contribution is 2.66. The fourth-order valence-electron chi connectivity index (χ4n) is 8.82. The minimum atomic E-state index is -0.581. The van der Waals surface area contributed by atoms with E-state index in [0.717, 1.165) is 44.9 Å². The van der Waals surface area contributed by atoms with Gasteiger partial charge < -0.3 is 10.2 Å². The maximum atomic E-state index is 14.1. The molecular weight excluding hydrogens is 438 g/mol. The normalized spacial score (nSPS) is 39.4. The third-order valence-corrected chi connectivity index (χ3v) is 10.4. The summed E-state index contributed by atoms with van der Waals surface area (Å²) in [6, 6.07) is 0.0735. The quantitative estimate of drug-likeness (QED) is 0.523. The number of carbonyl (C=O) groups is 3. The summed E-state index contributed by atoms with van der Waals surface area (Å²) in [5.74, 6) is 1.94. The van der Waals surface area contributed by atoms with Crippen molar-refractivity contribution >= 4 is 17.8 Å². The molecule has 0 aromatic rings. The molecule has 35 heavy (non-hydrogen) atoms. The number of hydrogen-bond donors (Lipinski definition) is 1. The average Bonchev–Trinajstić information content (AvgIpc) is 3.06. The summed E-state index contributed by atoms with van der Waals surface area (Å²) in [4.78, 5) is 43.4. The number of amides is 4. The molecule has 4 rings (SSSR count). The van der Waals surface area contributed by atoms with Crippen molar-refractivity contribution in [3.05, 3.63) is 0 Å². The van der Waals surface area contributed by atoms with E-state index in [4.69, 9.17) is 0 Å². The highest BCUT2D eigenvalue weighted by molar-refractivity contribution is 5.97. The van der Waals surface area contributed by atoms with Gasteiger partial charge in [0.2, 0.25) is 11.8 Å². The molecule has 7 atom stereocenters. The first kappa shape index (κ1) is 26.5. The van der Waals surface area contributed by atoms with Gasteiger partial charge in [0.1, 0.15) is 0 Å². The number of nitrogens with zero attached hydrogens (tertiary/aromatic N) is 2. The Hall–Kier alpha value is -1.59. The van der Waals surface area contributed by atoms with Crippen LogP contribution in [0.25, 0.3) is 0 Å². The summed E-state index contributed by atoms with van der Waals surface area (Å²) in [5.41, 5.74) is -0.866. The minimum absolute atomic E-state index is 0.00518. The Morgan fingerprint density at radius 3 is 2.14 bits per heavy atom. The molecule has 0 aromatic carbocycles. The number of rotatable bonds is 1. The third-order valence-electron chi connectivity index (χ3n) is 10.4.